The fourth-order valence-corrected chi connectivity index (χ4v) is 5.03. The maximum atomic E-state index is 12.7. The molecule has 3 N–H and O–H groups in total. The number of hydrogen-bond acceptors (Lipinski definition) is 2. The van der Waals surface area contributed by atoms with E-state index in [1.165, 1.54) is 24.0 Å². The van der Waals surface area contributed by atoms with Gasteiger partial charge in [0.25, 0.3) is 0 Å². The van der Waals surface area contributed by atoms with Gasteiger partial charge in [0.2, 0.25) is 5.91 Å². The van der Waals surface area contributed by atoms with Gasteiger partial charge < -0.3 is 11.1 Å². The molecule has 3 aliphatic rings. The third-order valence-electron chi connectivity index (χ3n) is 5.81. The van der Waals surface area contributed by atoms with Crippen LogP contribution in [-0.2, 0) is 11.2 Å². The molecule has 0 saturated heterocycles. The maximum absolute atomic E-state index is 12.7. The molecule has 0 heterocycles. The highest BCUT2D eigenvalue weighted by atomic mass is 35.5. The van der Waals surface area contributed by atoms with Crippen LogP contribution in [0.1, 0.15) is 42.9 Å². The van der Waals surface area contributed by atoms with Crippen LogP contribution in [0.5, 0.6) is 0 Å². The van der Waals surface area contributed by atoms with Gasteiger partial charge >= 0.3 is 0 Å². The zero-order chi connectivity index (χ0) is 14.6. The first kappa shape index (κ1) is 13.6. The van der Waals surface area contributed by atoms with E-state index in [0.717, 1.165) is 24.3 Å². The molecule has 2 fully saturated rings. The Kier molecular flexibility index (Phi) is 3.23. The number of halogens is 1. The molecule has 112 valence electrons. The summed E-state index contributed by atoms with van der Waals surface area (Å²) in [6.45, 7) is 0. The van der Waals surface area contributed by atoms with E-state index in [1.807, 2.05) is 12.1 Å². The number of amides is 1. The summed E-state index contributed by atoms with van der Waals surface area (Å²) in [6.07, 6.45) is 5.41. The average molecular weight is 305 g/mol. The number of rotatable bonds is 2. The summed E-state index contributed by atoms with van der Waals surface area (Å²) in [5.41, 5.74) is 8.66. The van der Waals surface area contributed by atoms with Crippen molar-refractivity contribution < 1.29 is 4.79 Å². The molecule has 0 aliphatic heterocycles. The summed E-state index contributed by atoms with van der Waals surface area (Å²) < 4.78 is 0. The summed E-state index contributed by atoms with van der Waals surface area (Å²) in [6, 6.07) is 6.15. The fourth-order valence-electron chi connectivity index (χ4n) is 4.75. The summed E-state index contributed by atoms with van der Waals surface area (Å²) in [5, 5.41) is 4.06. The number of hydrogen-bond donors (Lipinski definition) is 2. The molecular weight excluding hydrogens is 284 g/mol. The van der Waals surface area contributed by atoms with Crippen molar-refractivity contribution in [1.82, 2.24) is 5.32 Å². The van der Waals surface area contributed by atoms with Gasteiger partial charge in [-0.2, -0.15) is 0 Å². The van der Waals surface area contributed by atoms with Crippen molar-refractivity contribution in [3.05, 3.63) is 34.3 Å². The van der Waals surface area contributed by atoms with Crippen LogP contribution in [0.4, 0.5) is 0 Å². The van der Waals surface area contributed by atoms with E-state index >= 15 is 0 Å². The molecule has 3 nitrogen and oxygen atoms in total. The standard InChI is InChI=1S/C17H21ClN2O/c18-13-3-1-2-12-11(13)6-7-14(12)20-17(21)15-9-4-5-10(8-9)16(15)19/h1-3,9-10,14-16H,4-8,19H2,(H,20,21). The third-order valence-corrected chi connectivity index (χ3v) is 6.17. The van der Waals surface area contributed by atoms with Crippen LogP contribution in [-0.4, -0.2) is 11.9 Å². The Bertz CT molecular complexity index is 586. The van der Waals surface area contributed by atoms with Gasteiger partial charge in [0.1, 0.15) is 0 Å². The molecule has 1 aromatic carbocycles. The van der Waals surface area contributed by atoms with Gasteiger partial charge in [-0.3, -0.25) is 4.79 Å². The molecular formula is C17H21ClN2O. The quantitative estimate of drug-likeness (QED) is 0.883. The number of carbonyl (C=O) groups excluding carboxylic acids is 1. The second-order valence-electron chi connectivity index (χ2n) is 6.84. The zero-order valence-electron chi connectivity index (χ0n) is 12.0. The van der Waals surface area contributed by atoms with E-state index in [2.05, 4.69) is 11.4 Å². The lowest BCUT2D eigenvalue weighted by atomic mass is 9.84. The minimum Gasteiger partial charge on any atom is -0.349 e. The predicted molar refractivity (Wildman–Crippen MR) is 83.0 cm³/mol. The molecule has 0 radical (unpaired) electrons. The number of fused-ring (bicyclic) bond motifs is 3. The third kappa shape index (κ3) is 2.09. The molecule has 1 aromatic rings. The monoisotopic (exact) mass is 304 g/mol. The van der Waals surface area contributed by atoms with Gasteiger partial charge in [0.15, 0.2) is 0 Å². The van der Waals surface area contributed by atoms with E-state index in [9.17, 15) is 4.79 Å². The molecule has 2 bridgehead atoms. The number of nitrogens with two attached hydrogens (primary N) is 1. The largest absolute Gasteiger partial charge is 0.349 e. The number of benzene rings is 1. The van der Waals surface area contributed by atoms with Crippen LogP contribution in [0, 0.1) is 17.8 Å². The molecule has 1 amide bonds. The highest BCUT2D eigenvalue weighted by molar-refractivity contribution is 6.31. The van der Waals surface area contributed by atoms with Crippen LogP contribution in [0.2, 0.25) is 5.02 Å². The van der Waals surface area contributed by atoms with Crippen LogP contribution in [0.3, 0.4) is 0 Å². The summed E-state index contributed by atoms with van der Waals surface area (Å²) in [7, 11) is 0. The van der Waals surface area contributed by atoms with Crippen molar-refractivity contribution in [3.8, 4) is 0 Å². The summed E-state index contributed by atoms with van der Waals surface area (Å²) >= 11 is 6.24. The molecule has 4 rings (SSSR count). The molecule has 2 saturated carbocycles. The first-order chi connectivity index (χ1) is 10.1. The fraction of sp³-hybridized carbons (Fsp3) is 0.588. The number of carbonyl (C=O) groups is 1. The van der Waals surface area contributed by atoms with Crippen LogP contribution in [0.15, 0.2) is 18.2 Å². The predicted octanol–water partition coefficient (Wildman–Crippen LogP) is 2.82. The minimum atomic E-state index is 0.0204. The molecule has 5 unspecified atom stereocenters. The summed E-state index contributed by atoms with van der Waals surface area (Å²) in [5.74, 6) is 1.25. The van der Waals surface area contributed by atoms with Crippen molar-refractivity contribution >= 4 is 17.5 Å². The number of nitrogens with one attached hydrogen (secondary N) is 1. The molecule has 0 aromatic heterocycles. The normalized spacial score (nSPS) is 36.8. The van der Waals surface area contributed by atoms with Crippen LogP contribution >= 0.6 is 11.6 Å². The average Bonchev–Trinajstić information content (AvgIpc) is 3.14. The molecule has 21 heavy (non-hydrogen) atoms. The van der Waals surface area contributed by atoms with Crippen LogP contribution in [0.25, 0.3) is 0 Å². The second-order valence-corrected chi connectivity index (χ2v) is 7.25. The molecule has 0 spiro atoms. The zero-order valence-corrected chi connectivity index (χ0v) is 12.8. The summed E-state index contributed by atoms with van der Waals surface area (Å²) in [4.78, 5) is 12.7. The van der Waals surface area contributed by atoms with Crippen molar-refractivity contribution in [2.45, 2.75) is 44.2 Å². The first-order valence-corrected chi connectivity index (χ1v) is 8.36. The lowest BCUT2D eigenvalue weighted by molar-refractivity contribution is -0.127. The van der Waals surface area contributed by atoms with Gasteiger partial charge in [-0.1, -0.05) is 23.7 Å². The smallest absolute Gasteiger partial charge is 0.225 e. The Morgan fingerprint density at radius 3 is 2.81 bits per heavy atom. The Labute approximate surface area is 130 Å². The molecule has 4 heteroatoms. The van der Waals surface area contributed by atoms with Crippen molar-refractivity contribution in [1.29, 1.82) is 0 Å². The van der Waals surface area contributed by atoms with E-state index < -0.39 is 0 Å². The Balaban J connectivity index is 1.51. The second kappa shape index (κ2) is 4.99. The van der Waals surface area contributed by atoms with Gasteiger partial charge in [-0.05, 0) is 61.1 Å². The minimum absolute atomic E-state index is 0.0204. The molecule has 5 atom stereocenters. The van der Waals surface area contributed by atoms with E-state index in [1.54, 1.807) is 0 Å². The Morgan fingerprint density at radius 1 is 1.24 bits per heavy atom. The van der Waals surface area contributed by atoms with Gasteiger partial charge in [0, 0.05) is 11.1 Å². The van der Waals surface area contributed by atoms with Crippen molar-refractivity contribution in [2.24, 2.45) is 23.5 Å². The maximum Gasteiger partial charge on any atom is 0.225 e. The SMILES string of the molecule is NC1C2CCC(C2)C1C(=O)NC1CCc2c(Cl)cccc21. The van der Waals surface area contributed by atoms with E-state index in [-0.39, 0.29) is 23.9 Å². The molecule has 3 aliphatic carbocycles. The van der Waals surface area contributed by atoms with Gasteiger partial charge in [-0.15, -0.1) is 0 Å². The van der Waals surface area contributed by atoms with E-state index in [0.29, 0.717) is 11.8 Å². The lowest BCUT2D eigenvalue weighted by Gasteiger charge is -2.28. The topological polar surface area (TPSA) is 55.1 Å². The highest BCUT2D eigenvalue weighted by Crippen LogP contribution is 2.48. The Morgan fingerprint density at radius 2 is 2.05 bits per heavy atom. The van der Waals surface area contributed by atoms with Crippen LogP contribution < -0.4 is 11.1 Å². The lowest BCUT2D eigenvalue weighted by Crippen LogP contribution is -2.45. The van der Waals surface area contributed by atoms with Crippen molar-refractivity contribution in [3.63, 3.8) is 0 Å². The Hall–Kier alpha value is -1.06. The van der Waals surface area contributed by atoms with E-state index in [4.69, 9.17) is 17.3 Å². The van der Waals surface area contributed by atoms with Crippen molar-refractivity contribution in [2.75, 3.05) is 0 Å². The van der Waals surface area contributed by atoms with Gasteiger partial charge in [-0.25, -0.2) is 0 Å². The van der Waals surface area contributed by atoms with Gasteiger partial charge in [0.05, 0.1) is 12.0 Å². The highest BCUT2D eigenvalue weighted by Gasteiger charge is 2.49. The first-order valence-electron chi connectivity index (χ1n) is 7.98.